The molecule has 0 aromatic heterocycles. The number of hydrogen-bond donors (Lipinski definition) is 1. The van der Waals surface area contributed by atoms with Gasteiger partial charge in [-0.05, 0) is 57.4 Å². The summed E-state index contributed by atoms with van der Waals surface area (Å²) in [5.74, 6) is 0.798. The van der Waals surface area contributed by atoms with Gasteiger partial charge in [-0.15, -0.1) is 0 Å². The molecule has 0 aromatic carbocycles. The average molecular weight is 239 g/mol. The molecule has 0 radical (unpaired) electrons. The van der Waals surface area contributed by atoms with E-state index in [-0.39, 0.29) is 17.6 Å². The SMILES string of the molecule is CCC1(C(=O)OC2CCC(C)CC2)CCCN1. The maximum Gasteiger partial charge on any atom is 0.326 e. The van der Waals surface area contributed by atoms with Crippen LogP contribution < -0.4 is 5.32 Å². The Bertz CT molecular complexity index is 263. The van der Waals surface area contributed by atoms with Crippen molar-refractivity contribution in [3.05, 3.63) is 0 Å². The lowest BCUT2D eigenvalue weighted by Gasteiger charge is -2.31. The predicted molar refractivity (Wildman–Crippen MR) is 67.8 cm³/mol. The lowest BCUT2D eigenvalue weighted by atomic mass is 9.88. The third-order valence-electron chi connectivity index (χ3n) is 4.47. The van der Waals surface area contributed by atoms with Gasteiger partial charge in [-0.25, -0.2) is 0 Å². The molecule has 17 heavy (non-hydrogen) atoms. The van der Waals surface area contributed by atoms with E-state index in [1.807, 2.05) is 0 Å². The van der Waals surface area contributed by atoms with Crippen molar-refractivity contribution in [3.63, 3.8) is 0 Å². The first kappa shape index (κ1) is 12.9. The van der Waals surface area contributed by atoms with Crippen LogP contribution >= 0.6 is 0 Å². The number of carbonyl (C=O) groups excluding carboxylic acids is 1. The molecule has 1 aliphatic carbocycles. The first-order valence-electron chi connectivity index (χ1n) is 7.12. The topological polar surface area (TPSA) is 38.3 Å². The van der Waals surface area contributed by atoms with Crippen molar-refractivity contribution in [2.45, 2.75) is 70.4 Å². The van der Waals surface area contributed by atoms with Gasteiger partial charge in [0.25, 0.3) is 0 Å². The summed E-state index contributed by atoms with van der Waals surface area (Å²) < 4.78 is 5.72. The molecular weight excluding hydrogens is 214 g/mol. The van der Waals surface area contributed by atoms with Crippen LogP contribution in [-0.4, -0.2) is 24.2 Å². The van der Waals surface area contributed by atoms with Gasteiger partial charge >= 0.3 is 5.97 Å². The van der Waals surface area contributed by atoms with Gasteiger partial charge in [0.2, 0.25) is 0 Å². The fraction of sp³-hybridized carbons (Fsp3) is 0.929. The second-order valence-electron chi connectivity index (χ2n) is 5.75. The minimum Gasteiger partial charge on any atom is -0.461 e. The van der Waals surface area contributed by atoms with E-state index in [0.717, 1.165) is 44.6 Å². The van der Waals surface area contributed by atoms with E-state index in [9.17, 15) is 4.79 Å². The molecule has 3 heteroatoms. The van der Waals surface area contributed by atoms with Crippen molar-refractivity contribution in [2.75, 3.05) is 6.54 Å². The zero-order valence-electron chi connectivity index (χ0n) is 11.1. The molecule has 2 fully saturated rings. The predicted octanol–water partition coefficient (Wildman–Crippen LogP) is 2.64. The highest BCUT2D eigenvalue weighted by Gasteiger charge is 2.41. The number of esters is 1. The number of nitrogens with one attached hydrogen (secondary N) is 1. The van der Waals surface area contributed by atoms with Gasteiger partial charge in [0.1, 0.15) is 11.6 Å². The van der Waals surface area contributed by atoms with E-state index in [0.29, 0.717) is 0 Å². The second-order valence-corrected chi connectivity index (χ2v) is 5.75. The Hall–Kier alpha value is -0.570. The van der Waals surface area contributed by atoms with Crippen molar-refractivity contribution < 1.29 is 9.53 Å². The summed E-state index contributed by atoms with van der Waals surface area (Å²) >= 11 is 0. The van der Waals surface area contributed by atoms with Crippen LogP contribution in [0.15, 0.2) is 0 Å². The summed E-state index contributed by atoms with van der Waals surface area (Å²) in [4.78, 5) is 12.3. The van der Waals surface area contributed by atoms with Gasteiger partial charge in [0, 0.05) is 0 Å². The van der Waals surface area contributed by atoms with E-state index in [1.54, 1.807) is 0 Å². The summed E-state index contributed by atoms with van der Waals surface area (Å²) in [6, 6.07) is 0. The van der Waals surface area contributed by atoms with Crippen LogP contribution in [0.3, 0.4) is 0 Å². The molecule has 3 nitrogen and oxygen atoms in total. The number of rotatable bonds is 3. The van der Waals surface area contributed by atoms with Crippen molar-refractivity contribution >= 4 is 5.97 Å². The maximum atomic E-state index is 12.3. The molecular formula is C14H25NO2. The standard InChI is InChI=1S/C14H25NO2/c1-3-14(9-4-10-15-14)13(16)17-12-7-5-11(2)6-8-12/h11-12,15H,3-10H2,1-2H3. The van der Waals surface area contributed by atoms with E-state index in [2.05, 4.69) is 19.2 Å². The van der Waals surface area contributed by atoms with Crippen LogP contribution in [0.5, 0.6) is 0 Å². The van der Waals surface area contributed by atoms with Gasteiger partial charge in [-0.3, -0.25) is 4.79 Å². The number of hydrogen-bond acceptors (Lipinski definition) is 3. The molecule has 0 amide bonds. The Labute approximate surface area is 104 Å². The molecule has 1 unspecified atom stereocenters. The fourth-order valence-corrected chi connectivity index (χ4v) is 3.04. The highest BCUT2D eigenvalue weighted by Crippen LogP contribution is 2.29. The monoisotopic (exact) mass is 239 g/mol. The van der Waals surface area contributed by atoms with E-state index in [1.165, 1.54) is 12.8 Å². The first-order chi connectivity index (χ1) is 8.16. The second kappa shape index (κ2) is 5.38. The van der Waals surface area contributed by atoms with Gasteiger partial charge in [-0.1, -0.05) is 13.8 Å². The molecule has 2 rings (SSSR count). The van der Waals surface area contributed by atoms with E-state index < -0.39 is 0 Å². The molecule has 98 valence electrons. The first-order valence-corrected chi connectivity index (χ1v) is 7.12. The Morgan fingerprint density at radius 3 is 2.59 bits per heavy atom. The van der Waals surface area contributed by atoms with Crippen LogP contribution in [0.4, 0.5) is 0 Å². The van der Waals surface area contributed by atoms with Crippen LogP contribution in [0, 0.1) is 5.92 Å². The molecule has 1 saturated heterocycles. The molecule has 0 bridgehead atoms. The van der Waals surface area contributed by atoms with Crippen LogP contribution in [0.1, 0.15) is 58.8 Å². The number of ether oxygens (including phenoxy) is 1. The zero-order valence-corrected chi connectivity index (χ0v) is 11.1. The summed E-state index contributed by atoms with van der Waals surface area (Å²) in [5, 5.41) is 3.34. The van der Waals surface area contributed by atoms with Gasteiger partial charge in [0.15, 0.2) is 0 Å². The van der Waals surface area contributed by atoms with E-state index in [4.69, 9.17) is 4.74 Å². The van der Waals surface area contributed by atoms with Crippen molar-refractivity contribution in [2.24, 2.45) is 5.92 Å². The summed E-state index contributed by atoms with van der Waals surface area (Å²) in [6.07, 6.45) is 7.53. The summed E-state index contributed by atoms with van der Waals surface area (Å²) in [5.41, 5.74) is -0.372. The molecule has 1 atom stereocenters. The largest absolute Gasteiger partial charge is 0.461 e. The molecule has 1 heterocycles. The summed E-state index contributed by atoms with van der Waals surface area (Å²) in [7, 11) is 0. The molecule has 1 N–H and O–H groups in total. The van der Waals surface area contributed by atoms with Gasteiger partial charge < -0.3 is 10.1 Å². The van der Waals surface area contributed by atoms with Crippen LogP contribution in [0.2, 0.25) is 0 Å². The quantitative estimate of drug-likeness (QED) is 0.769. The minimum atomic E-state index is -0.372. The smallest absolute Gasteiger partial charge is 0.326 e. The zero-order chi connectivity index (χ0) is 12.3. The third kappa shape index (κ3) is 2.82. The Balaban J connectivity index is 1.87. The molecule has 0 aromatic rings. The van der Waals surface area contributed by atoms with Gasteiger partial charge in [0.05, 0.1) is 0 Å². The van der Waals surface area contributed by atoms with Crippen LogP contribution in [0.25, 0.3) is 0 Å². The van der Waals surface area contributed by atoms with Crippen molar-refractivity contribution in [1.82, 2.24) is 5.32 Å². The Morgan fingerprint density at radius 2 is 2.06 bits per heavy atom. The Morgan fingerprint density at radius 1 is 1.35 bits per heavy atom. The highest BCUT2D eigenvalue weighted by molar-refractivity contribution is 5.81. The third-order valence-corrected chi connectivity index (χ3v) is 4.47. The lowest BCUT2D eigenvalue weighted by molar-refractivity contribution is -0.158. The fourth-order valence-electron chi connectivity index (χ4n) is 3.04. The molecule has 1 aliphatic heterocycles. The van der Waals surface area contributed by atoms with E-state index >= 15 is 0 Å². The molecule has 2 aliphatic rings. The van der Waals surface area contributed by atoms with Gasteiger partial charge in [-0.2, -0.15) is 0 Å². The van der Waals surface area contributed by atoms with Crippen molar-refractivity contribution in [1.29, 1.82) is 0 Å². The Kier molecular flexibility index (Phi) is 4.08. The average Bonchev–Trinajstić information content (AvgIpc) is 2.82. The molecule has 1 saturated carbocycles. The minimum absolute atomic E-state index is 0.00273. The lowest BCUT2D eigenvalue weighted by Crippen LogP contribution is -2.49. The van der Waals surface area contributed by atoms with Crippen LogP contribution in [-0.2, 0) is 9.53 Å². The maximum absolute atomic E-state index is 12.3. The normalized spacial score (nSPS) is 38.0. The highest BCUT2D eigenvalue weighted by atomic mass is 16.5. The number of carbonyl (C=O) groups is 1. The summed E-state index contributed by atoms with van der Waals surface area (Å²) in [6.45, 7) is 5.30. The van der Waals surface area contributed by atoms with Crippen molar-refractivity contribution in [3.8, 4) is 0 Å². The molecule has 0 spiro atoms.